The Morgan fingerprint density at radius 1 is 1.31 bits per heavy atom. The fourth-order valence-electron chi connectivity index (χ4n) is 1.40. The van der Waals surface area contributed by atoms with Crippen molar-refractivity contribution in [3.8, 4) is 11.5 Å². The summed E-state index contributed by atoms with van der Waals surface area (Å²) >= 11 is 0. The molecule has 0 radical (unpaired) electrons. The summed E-state index contributed by atoms with van der Waals surface area (Å²) in [5.41, 5.74) is 1.80. The summed E-state index contributed by atoms with van der Waals surface area (Å²) in [5.74, 6) is -0.212. The molecular formula is C11H13N3O2. The maximum Gasteiger partial charge on any atom is 0.157 e. The summed E-state index contributed by atoms with van der Waals surface area (Å²) in [7, 11) is 1.84. The van der Waals surface area contributed by atoms with Gasteiger partial charge in [-0.1, -0.05) is 6.07 Å². The van der Waals surface area contributed by atoms with Crippen molar-refractivity contribution in [2.75, 3.05) is 5.32 Å². The van der Waals surface area contributed by atoms with Crippen molar-refractivity contribution < 1.29 is 10.2 Å². The molecule has 0 unspecified atom stereocenters. The first-order valence-electron chi connectivity index (χ1n) is 4.88. The van der Waals surface area contributed by atoms with Gasteiger partial charge < -0.3 is 15.5 Å². The van der Waals surface area contributed by atoms with Gasteiger partial charge in [0.05, 0.1) is 11.9 Å². The zero-order valence-corrected chi connectivity index (χ0v) is 8.88. The van der Waals surface area contributed by atoms with E-state index in [0.717, 1.165) is 11.3 Å². The fraction of sp³-hybridized carbons (Fsp3) is 0.182. The van der Waals surface area contributed by atoms with E-state index in [4.69, 9.17) is 5.11 Å². The van der Waals surface area contributed by atoms with Crippen LogP contribution in [0, 0.1) is 0 Å². The lowest BCUT2D eigenvalue weighted by molar-refractivity contribution is 0.403. The van der Waals surface area contributed by atoms with Gasteiger partial charge in [0.2, 0.25) is 0 Å². The van der Waals surface area contributed by atoms with E-state index in [9.17, 15) is 5.11 Å². The summed E-state index contributed by atoms with van der Waals surface area (Å²) < 4.78 is 1.70. The number of hydrogen-bond acceptors (Lipinski definition) is 4. The molecular weight excluding hydrogens is 206 g/mol. The minimum Gasteiger partial charge on any atom is -0.504 e. The molecule has 0 aliphatic carbocycles. The number of phenolic OH excluding ortho intramolecular Hbond substituents is 2. The van der Waals surface area contributed by atoms with E-state index in [-0.39, 0.29) is 11.5 Å². The number of rotatable bonds is 3. The van der Waals surface area contributed by atoms with E-state index < -0.39 is 0 Å². The molecule has 0 spiro atoms. The number of benzene rings is 1. The lowest BCUT2D eigenvalue weighted by atomic mass is 10.2. The molecule has 16 heavy (non-hydrogen) atoms. The molecule has 0 aliphatic rings. The fourth-order valence-corrected chi connectivity index (χ4v) is 1.40. The number of aromatic nitrogens is 2. The summed E-state index contributed by atoms with van der Waals surface area (Å²) in [6.45, 7) is 0.569. The Kier molecular flexibility index (Phi) is 2.68. The number of nitrogens with zero attached hydrogens (tertiary/aromatic N) is 2. The summed E-state index contributed by atoms with van der Waals surface area (Å²) in [4.78, 5) is 0. The van der Waals surface area contributed by atoms with Crippen molar-refractivity contribution in [3.63, 3.8) is 0 Å². The quantitative estimate of drug-likeness (QED) is 0.683. The highest BCUT2D eigenvalue weighted by Crippen LogP contribution is 2.25. The maximum absolute atomic E-state index is 9.31. The van der Waals surface area contributed by atoms with Gasteiger partial charge in [0.15, 0.2) is 11.5 Å². The van der Waals surface area contributed by atoms with E-state index >= 15 is 0 Å². The van der Waals surface area contributed by atoms with Gasteiger partial charge in [-0.15, -0.1) is 0 Å². The van der Waals surface area contributed by atoms with Crippen LogP contribution in [0.4, 0.5) is 5.69 Å². The summed E-state index contributed by atoms with van der Waals surface area (Å²) in [6, 6.07) is 4.74. The second-order valence-corrected chi connectivity index (χ2v) is 3.58. The molecule has 1 aromatic carbocycles. The molecule has 0 atom stereocenters. The van der Waals surface area contributed by atoms with Crippen molar-refractivity contribution in [1.82, 2.24) is 9.78 Å². The molecule has 5 heteroatoms. The predicted octanol–water partition coefficient (Wildman–Crippen LogP) is 1.44. The monoisotopic (exact) mass is 219 g/mol. The van der Waals surface area contributed by atoms with Crippen LogP contribution in [0.1, 0.15) is 5.56 Å². The molecule has 0 saturated carbocycles. The number of nitrogens with one attached hydrogen (secondary N) is 1. The van der Waals surface area contributed by atoms with Crippen LogP contribution in [0.5, 0.6) is 11.5 Å². The lowest BCUT2D eigenvalue weighted by Gasteiger charge is -2.05. The van der Waals surface area contributed by atoms with Crippen LogP contribution in [0.15, 0.2) is 30.6 Å². The van der Waals surface area contributed by atoms with Crippen LogP contribution in [-0.4, -0.2) is 20.0 Å². The second kappa shape index (κ2) is 4.14. The Hall–Kier alpha value is -2.17. The minimum atomic E-state index is -0.106. The van der Waals surface area contributed by atoms with Gasteiger partial charge in [0.1, 0.15) is 0 Å². The summed E-state index contributed by atoms with van der Waals surface area (Å²) in [6.07, 6.45) is 3.58. The Morgan fingerprint density at radius 2 is 2.12 bits per heavy atom. The first-order chi connectivity index (χ1) is 7.65. The van der Waals surface area contributed by atoms with E-state index in [1.165, 1.54) is 12.1 Å². The molecule has 0 aliphatic heterocycles. The smallest absolute Gasteiger partial charge is 0.157 e. The SMILES string of the molecule is Cn1cc(NCc2ccc(O)c(O)c2)cn1. The molecule has 2 rings (SSSR count). The minimum absolute atomic E-state index is 0.106. The lowest BCUT2D eigenvalue weighted by Crippen LogP contribution is -1.98. The van der Waals surface area contributed by atoms with Crippen LogP contribution < -0.4 is 5.32 Å². The van der Waals surface area contributed by atoms with Gasteiger partial charge in [0, 0.05) is 19.8 Å². The highest BCUT2D eigenvalue weighted by atomic mass is 16.3. The average Bonchev–Trinajstić information content (AvgIpc) is 2.66. The Balaban J connectivity index is 2.02. The van der Waals surface area contributed by atoms with Gasteiger partial charge in [-0.3, -0.25) is 4.68 Å². The van der Waals surface area contributed by atoms with Gasteiger partial charge in [-0.25, -0.2) is 0 Å². The van der Waals surface area contributed by atoms with E-state index in [1.807, 2.05) is 13.2 Å². The van der Waals surface area contributed by atoms with Gasteiger partial charge >= 0.3 is 0 Å². The second-order valence-electron chi connectivity index (χ2n) is 3.58. The normalized spacial score (nSPS) is 10.3. The predicted molar refractivity (Wildman–Crippen MR) is 60.3 cm³/mol. The van der Waals surface area contributed by atoms with Crippen molar-refractivity contribution >= 4 is 5.69 Å². The molecule has 0 amide bonds. The van der Waals surface area contributed by atoms with Gasteiger partial charge in [-0.2, -0.15) is 5.10 Å². The van der Waals surface area contributed by atoms with Crippen molar-refractivity contribution in [2.45, 2.75) is 6.54 Å². The number of phenols is 2. The Bertz CT molecular complexity index is 494. The van der Waals surface area contributed by atoms with E-state index in [0.29, 0.717) is 6.54 Å². The van der Waals surface area contributed by atoms with Crippen LogP contribution in [0.25, 0.3) is 0 Å². The zero-order valence-electron chi connectivity index (χ0n) is 8.88. The molecule has 84 valence electrons. The Morgan fingerprint density at radius 3 is 2.75 bits per heavy atom. The van der Waals surface area contributed by atoms with Gasteiger partial charge in [0.25, 0.3) is 0 Å². The van der Waals surface area contributed by atoms with Crippen molar-refractivity contribution in [3.05, 3.63) is 36.2 Å². The number of aromatic hydroxyl groups is 2. The zero-order chi connectivity index (χ0) is 11.5. The molecule has 1 aromatic heterocycles. The maximum atomic E-state index is 9.31. The molecule has 3 N–H and O–H groups in total. The third kappa shape index (κ3) is 2.25. The number of anilines is 1. The largest absolute Gasteiger partial charge is 0.504 e. The molecule has 1 heterocycles. The first kappa shape index (κ1) is 10.4. The highest BCUT2D eigenvalue weighted by Gasteiger charge is 2.01. The number of hydrogen-bond donors (Lipinski definition) is 3. The molecule has 5 nitrogen and oxygen atoms in total. The molecule has 2 aromatic rings. The Labute approximate surface area is 93.0 Å². The van der Waals surface area contributed by atoms with Crippen LogP contribution in [0.2, 0.25) is 0 Å². The van der Waals surface area contributed by atoms with Crippen LogP contribution >= 0.6 is 0 Å². The molecule has 0 fully saturated rings. The van der Waals surface area contributed by atoms with Crippen LogP contribution in [0.3, 0.4) is 0 Å². The number of aryl methyl sites for hydroxylation is 1. The average molecular weight is 219 g/mol. The summed E-state index contributed by atoms with van der Waals surface area (Å²) in [5, 5.41) is 25.6. The van der Waals surface area contributed by atoms with E-state index in [2.05, 4.69) is 10.4 Å². The van der Waals surface area contributed by atoms with Crippen LogP contribution in [-0.2, 0) is 13.6 Å². The third-order valence-electron chi connectivity index (χ3n) is 2.24. The van der Waals surface area contributed by atoms with Crippen molar-refractivity contribution in [1.29, 1.82) is 0 Å². The molecule has 0 saturated heterocycles. The van der Waals surface area contributed by atoms with Crippen molar-refractivity contribution in [2.24, 2.45) is 7.05 Å². The highest BCUT2D eigenvalue weighted by molar-refractivity contribution is 5.43. The third-order valence-corrected chi connectivity index (χ3v) is 2.24. The standard InChI is InChI=1S/C11H13N3O2/c1-14-7-9(6-13-14)12-5-8-2-3-10(15)11(16)4-8/h2-4,6-7,12,15-16H,5H2,1H3. The van der Waals surface area contributed by atoms with E-state index in [1.54, 1.807) is 16.9 Å². The van der Waals surface area contributed by atoms with Gasteiger partial charge in [-0.05, 0) is 17.7 Å². The topological polar surface area (TPSA) is 70.3 Å². The first-order valence-corrected chi connectivity index (χ1v) is 4.88. The molecule has 0 bridgehead atoms.